The number of nitrogens with one attached hydrogen (secondary N) is 2. The number of nitrogens with zero attached hydrogens (tertiary/aromatic N) is 1. The van der Waals surface area contributed by atoms with Gasteiger partial charge in [0.1, 0.15) is 0 Å². The van der Waals surface area contributed by atoms with Crippen LogP contribution in [0.3, 0.4) is 0 Å². The smallest absolute Gasteiger partial charge is 0.0785 e. The minimum atomic E-state index is -0.395. The van der Waals surface area contributed by atoms with Crippen molar-refractivity contribution >= 4 is 0 Å². The first kappa shape index (κ1) is 15.1. The number of H-pyrrole nitrogens is 1. The number of aromatic nitrogens is 2. The molecule has 0 fully saturated rings. The Balaban J connectivity index is 2.34. The summed E-state index contributed by atoms with van der Waals surface area (Å²) in [6, 6.07) is 0. The van der Waals surface area contributed by atoms with Gasteiger partial charge in [-0.2, -0.15) is 5.10 Å². The zero-order valence-electron chi connectivity index (χ0n) is 11.8. The predicted molar refractivity (Wildman–Crippen MR) is 71.5 cm³/mol. The fourth-order valence-electron chi connectivity index (χ4n) is 1.86. The average molecular weight is 255 g/mol. The van der Waals surface area contributed by atoms with Crippen molar-refractivity contribution in [2.75, 3.05) is 20.3 Å². The summed E-state index contributed by atoms with van der Waals surface area (Å²) in [4.78, 5) is 0. The molecule has 1 aromatic heterocycles. The number of hydrogen-bond acceptors (Lipinski definition) is 4. The van der Waals surface area contributed by atoms with Crippen molar-refractivity contribution in [2.24, 2.45) is 0 Å². The summed E-state index contributed by atoms with van der Waals surface area (Å²) in [7, 11) is 1.59. The summed E-state index contributed by atoms with van der Waals surface area (Å²) >= 11 is 0. The third-order valence-corrected chi connectivity index (χ3v) is 2.80. The van der Waals surface area contributed by atoms with Gasteiger partial charge in [-0.1, -0.05) is 20.8 Å². The summed E-state index contributed by atoms with van der Waals surface area (Å²) in [5.74, 6) is 0. The standard InChI is InChI=1S/C13H25N3O2/c1-13(2,3)12-10(8-15-16-12)7-14-6-5-11(17)9-18-4/h8,11,14,17H,5-7,9H2,1-4H3,(H,15,16). The van der Waals surface area contributed by atoms with Gasteiger partial charge in [0.25, 0.3) is 0 Å². The number of ether oxygens (including phenoxy) is 1. The number of aliphatic hydroxyl groups is 1. The van der Waals surface area contributed by atoms with Gasteiger partial charge < -0.3 is 15.2 Å². The molecular weight excluding hydrogens is 230 g/mol. The molecule has 18 heavy (non-hydrogen) atoms. The van der Waals surface area contributed by atoms with E-state index in [0.29, 0.717) is 13.0 Å². The summed E-state index contributed by atoms with van der Waals surface area (Å²) in [5.41, 5.74) is 2.42. The summed E-state index contributed by atoms with van der Waals surface area (Å²) in [5, 5.41) is 20.0. The van der Waals surface area contributed by atoms with Gasteiger partial charge >= 0.3 is 0 Å². The lowest BCUT2D eigenvalue weighted by atomic mass is 9.89. The topological polar surface area (TPSA) is 70.2 Å². The van der Waals surface area contributed by atoms with Gasteiger partial charge in [-0.15, -0.1) is 0 Å². The Labute approximate surface area is 109 Å². The maximum Gasteiger partial charge on any atom is 0.0785 e. The van der Waals surface area contributed by atoms with Crippen LogP contribution in [-0.2, 0) is 16.7 Å². The van der Waals surface area contributed by atoms with Gasteiger partial charge in [0.15, 0.2) is 0 Å². The fraction of sp³-hybridized carbons (Fsp3) is 0.769. The molecular formula is C13H25N3O2. The Morgan fingerprint density at radius 3 is 2.83 bits per heavy atom. The maximum atomic E-state index is 9.51. The van der Waals surface area contributed by atoms with E-state index in [1.807, 2.05) is 6.20 Å². The van der Waals surface area contributed by atoms with Crippen LogP contribution in [0.25, 0.3) is 0 Å². The van der Waals surface area contributed by atoms with Crippen LogP contribution >= 0.6 is 0 Å². The van der Waals surface area contributed by atoms with Crippen LogP contribution in [0.5, 0.6) is 0 Å². The molecule has 1 heterocycles. The second-order valence-corrected chi connectivity index (χ2v) is 5.59. The molecule has 1 atom stereocenters. The van der Waals surface area contributed by atoms with Crippen molar-refractivity contribution in [1.82, 2.24) is 15.5 Å². The van der Waals surface area contributed by atoms with Gasteiger partial charge in [0, 0.05) is 30.3 Å². The highest BCUT2D eigenvalue weighted by atomic mass is 16.5. The van der Waals surface area contributed by atoms with E-state index in [0.717, 1.165) is 18.8 Å². The van der Waals surface area contributed by atoms with Gasteiger partial charge in [-0.25, -0.2) is 0 Å². The SMILES string of the molecule is COCC(O)CCNCc1cn[nH]c1C(C)(C)C. The van der Waals surface area contributed by atoms with Crippen molar-refractivity contribution < 1.29 is 9.84 Å². The third-order valence-electron chi connectivity index (χ3n) is 2.80. The normalized spacial score (nSPS) is 13.8. The Morgan fingerprint density at radius 2 is 2.22 bits per heavy atom. The van der Waals surface area contributed by atoms with Crippen LogP contribution in [0.2, 0.25) is 0 Å². The Kier molecular flexibility index (Phi) is 5.78. The van der Waals surface area contributed by atoms with E-state index in [2.05, 4.69) is 36.3 Å². The van der Waals surface area contributed by atoms with E-state index in [-0.39, 0.29) is 5.41 Å². The van der Waals surface area contributed by atoms with Gasteiger partial charge in [-0.3, -0.25) is 5.10 Å². The summed E-state index contributed by atoms with van der Waals surface area (Å²) in [6.45, 7) is 8.40. The molecule has 0 amide bonds. The van der Waals surface area contributed by atoms with Gasteiger partial charge in [-0.05, 0) is 13.0 Å². The third kappa shape index (κ3) is 4.76. The van der Waals surface area contributed by atoms with E-state index in [9.17, 15) is 5.11 Å². The summed E-state index contributed by atoms with van der Waals surface area (Å²) < 4.78 is 4.88. The first-order valence-electron chi connectivity index (χ1n) is 6.35. The van der Waals surface area contributed by atoms with Crippen LogP contribution < -0.4 is 5.32 Å². The monoisotopic (exact) mass is 255 g/mol. The van der Waals surface area contributed by atoms with Gasteiger partial charge in [0.05, 0.1) is 18.9 Å². The first-order valence-corrected chi connectivity index (χ1v) is 6.35. The molecule has 0 saturated heterocycles. The van der Waals surface area contributed by atoms with E-state index in [4.69, 9.17) is 4.74 Å². The van der Waals surface area contributed by atoms with Crippen LogP contribution in [0.15, 0.2) is 6.20 Å². The maximum absolute atomic E-state index is 9.51. The molecule has 3 N–H and O–H groups in total. The van der Waals surface area contributed by atoms with Crippen molar-refractivity contribution in [1.29, 1.82) is 0 Å². The minimum absolute atomic E-state index is 0.0725. The molecule has 0 spiro atoms. The molecule has 0 aliphatic heterocycles. The van der Waals surface area contributed by atoms with Gasteiger partial charge in [0.2, 0.25) is 0 Å². The molecule has 5 heteroatoms. The fourth-order valence-corrected chi connectivity index (χ4v) is 1.86. The molecule has 0 radical (unpaired) electrons. The van der Waals surface area contributed by atoms with E-state index >= 15 is 0 Å². The number of methoxy groups -OCH3 is 1. The Hall–Kier alpha value is -0.910. The van der Waals surface area contributed by atoms with Crippen LogP contribution in [-0.4, -0.2) is 41.7 Å². The largest absolute Gasteiger partial charge is 0.391 e. The molecule has 1 rings (SSSR count). The van der Waals surface area contributed by atoms with E-state index < -0.39 is 6.10 Å². The van der Waals surface area contributed by atoms with Crippen molar-refractivity contribution in [3.8, 4) is 0 Å². The highest BCUT2D eigenvalue weighted by molar-refractivity contribution is 5.23. The van der Waals surface area contributed by atoms with Crippen molar-refractivity contribution in [3.63, 3.8) is 0 Å². The molecule has 0 saturated carbocycles. The lowest BCUT2D eigenvalue weighted by molar-refractivity contribution is 0.0594. The van der Waals surface area contributed by atoms with Crippen molar-refractivity contribution in [3.05, 3.63) is 17.5 Å². The number of aromatic amines is 1. The highest BCUT2D eigenvalue weighted by Gasteiger charge is 2.19. The van der Waals surface area contributed by atoms with E-state index in [1.165, 1.54) is 5.56 Å². The number of hydrogen-bond donors (Lipinski definition) is 3. The first-order chi connectivity index (χ1) is 8.45. The predicted octanol–water partition coefficient (Wildman–Crippen LogP) is 1.19. The molecule has 0 aromatic carbocycles. The molecule has 0 bridgehead atoms. The minimum Gasteiger partial charge on any atom is -0.391 e. The van der Waals surface area contributed by atoms with Crippen LogP contribution in [0.1, 0.15) is 38.4 Å². The average Bonchev–Trinajstić information content (AvgIpc) is 2.72. The molecule has 1 aromatic rings. The van der Waals surface area contributed by atoms with Crippen molar-refractivity contribution in [2.45, 2.75) is 45.3 Å². The highest BCUT2D eigenvalue weighted by Crippen LogP contribution is 2.23. The Bertz CT molecular complexity index is 344. The second kappa shape index (κ2) is 6.87. The van der Waals surface area contributed by atoms with Crippen LogP contribution in [0, 0.1) is 0 Å². The number of aliphatic hydroxyl groups excluding tert-OH is 1. The molecule has 0 aliphatic carbocycles. The molecule has 1 unspecified atom stereocenters. The molecule has 5 nitrogen and oxygen atoms in total. The van der Waals surface area contributed by atoms with E-state index in [1.54, 1.807) is 7.11 Å². The summed E-state index contributed by atoms with van der Waals surface area (Å²) in [6.07, 6.45) is 2.16. The zero-order valence-corrected chi connectivity index (χ0v) is 11.8. The quantitative estimate of drug-likeness (QED) is 0.640. The second-order valence-electron chi connectivity index (χ2n) is 5.59. The number of rotatable bonds is 7. The lowest BCUT2D eigenvalue weighted by Gasteiger charge is -2.18. The molecule has 104 valence electrons. The van der Waals surface area contributed by atoms with Crippen LogP contribution in [0.4, 0.5) is 0 Å². The zero-order chi connectivity index (χ0) is 13.6. The Morgan fingerprint density at radius 1 is 1.50 bits per heavy atom. The molecule has 0 aliphatic rings. The lowest BCUT2D eigenvalue weighted by Crippen LogP contribution is -2.24.